The van der Waals surface area contributed by atoms with Gasteiger partial charge in [0.1, 0.15) is 35.6 Å². The number of nitrogen functional groups attached to an aromatic ring is 1. The second-order valence-electron chi connectivity index (χ2n) is 5.87. The second-order valence-corrected chi connectivity index (χ2v) is 5.87. The Morgan fingerprint density at radius 2 is 2.17 bits per heavy atom. The smallest absolute Gasteiger partial charge is 0.423 e. The van der Waals surface area contributed by atoms with E-state index in [0.717, 1.165) is 0 Å². The Balaban J connectivity index is 2.21. The van der Waals surface area contributed by atoms with Crippen molar-refractivity contribution in [3.63, 3.8) is 0 Å². The molecule has 0 amide bonds. The fourth-order valence-electron chi connectivity index (χ4n) is 3.11. The summed E-state index contributed by atoms with van der Waals surface area (Å²) in [5, 5.41) is 39.3. The number of fused-ring (bicyclic) bond motifs is 1. The summed E-state index contributed by atoms with van der Waals surface area (Å²) < 4.78 is 12.7. The second kappa shape index (κ2) is 5.95. The van der Waals surface area contributed by atoms with Gasteiger partial charge in [-0.2, -0.15) is 0 Å². The molecular weight excluding hydrogens is 319 g/mol. The zero-order valence-corrected chi connectivity index (χ0v) is 13.2. The van der Waals surface area contributed by atoms with Crippen LogP contribution in [-0.2, 0) is 9.47 Å². The minimum atomic E-state index is -1.80. The standard InChI is InChI=1S/C13H19BN4O6/c1-13(23-2)9(20)7(4-19)24-12(13)18-3-6(14(21)22)8-10(15)16-5-17-11(8)18/h3,5,7,9,12,19-22H,4H2,1-2H3,(H2,15,16,17)/t7?,9?,12-,13?/m1/s1. The molecule has 1 saturated heterocycles. The van der Waals surface area contributed by atoms with Gasteiger partial charge in [0.25, 0.3) is 0 Å². The predicted octanol–water partition coefficient (Wildman–Crippen LogP) is -2.65. The number of methoxy groups -OCH3 is 1. The number of hydrogen-bond acceptors (Lipinski definition) is 9. The van der Waals surface area contributed by atoms with Crippen LogP contribution in [-0.4, -0.2) is 73.4 Å². The number of aliphatic hydroxyl groups is 2. The van der Waals surface area contributed by atoms with Crippen LogP contribution in [0, 0.1) is 0 Å². The zero-order valence-electron chi connectivity index (χ0n) is 13.2. The quantitative estimate of drug-likeness (QED) is 0.376. The summed E-state index contributed by atoms with van der Waals surface area (Å²) in [6.45, 7) is 1.23. The Labute approximate surface area is 137 Å². The lowest BCUT2D eigenvalue weighted by molar-refractivity contribution is -0.118. The number of nitrogens with two attached hydrogens (primary N) is 1. The van der Waals surface area contributed by atoms with Crippen molar-refractivity contribution in [3.05, 3.63) is 12.5 Å². The molecule has 0 bridgehead atoms. The van der Waals surface area contributed by atoms with E-state index < -0.39 is 37.8 Å². The van der Waals surface area contributed by atoms with Gasteiger partial charge in [-0.25, -0.2) is 9.97 Å². The number of ether oxygens (including phenoxy) is 2. The molecule has 3 heterocycles. The van der Waals surface area contributed by atoms with Gasteiger partial charge in [-0.15, -0.1) is 0 Å². The molecule has 3 unspecified atom stereocenters. The van der Waals surface area contributed by atoms with Crippen molar-refractivity contribution in [1.82, 2.24) is 14.5 Å². The molecule has 10 nitrogen and oxygen atoms in total. The fourth-order valence-corrected chi connectivity index (χ4v) is 3.11. The van der Waals surface area contributed by atoms with Gasteiger partial charge in [0, 0.05) is 18.8 Å². The highest BCUT2D eigenvalue weighted by molar-refractivity contribution is 6.62. The number of aliphatic hydroxyl groups excluding tert-OH is 2. The van der Waals surface area contributed by atoms with E-state index in [1.807, 2.05) is 0 Å². The molecule has 2 aromatic heterocycles. The summed E-state index contributed by atoms with van der Waals surface area (Å²) in [6, 6.07) is 0. The van der Waals surface area contributed by atoms with Gasteiger partial charge in [0.15, 0.2) is 6.23 Å². The molecule has 1 fully saturated rings. The Morgan fingerprint density at radius 3 is 2.75 bits per heavy atom. The molecule has 0 spiro atoms. The molecule has 1 aliphatic heterocycles. The number of rotatable bonds is 4. The molecule has 130 valence electrons. The molecular formula is C13H19BN4O6. The van der Waals surface area contributed by atoms with Crippen molar-refractivity contribution in [2.24, 2.45) is 0 Å². The summed E-state index contributed by atoms with van der Waals surface area (Å²) in [4.78, 5) is 8.00. The highest BCUT2D eigenvalue weighted by Crippen LogP contribution is 2.41. The lowest BCUT2D eigenvalue weighted by atomic mass is 9.80. The van der Waals surface area contributed by atoms with E-state index in [4.69, 9.17) is 15.2 Å². The zero-order chi connectivity index (χ0) is 17.6. The van der Waals surface area contributed by atoms with Crippen LogP contribution in [0.1, 0.15) is 13.2 Å². The van der Waals surface area contributed by atoms with Crippen LogP contribution in [0.15, 0.2) is 12.5 Å². The molecule has 0 saturated carbocycles. The van der Waals surface area contributed by atoms with Crippen molar-refractivity contribution in [2.75, 3.05) is 19.5 Å². The van der Waals surface area contributed by atoms with E-state index in [9.17, 15) is 20.3 Å². The highest BCUT2D eigenvalue weighted by Gasteiger charge is 2.55. The van der Waals surface area contributed by atoms with Crippen LogP contribution in [0.4, 0.5) is 5.82 Å². The summed E-state index contributed by atoms with van der Waals surface area (Å²) >= 11 is 0. The predicted molar refractivity (Wildman–Crippen MR) is 84.2 cm³/mol. The molecule has 0 aliphatic carbocycles. The van der Waals surface area contributed by atoms with Crippen molar-refractivity contribution >= 4 is 29.4 Å². The number of anilines is 1. The van der Waals surface area contributed by atoms with Gasteiger partial charge < -0.3 is 40.0 Å². The Kier molecular flexibility index (Phi) is 4.24. The van der Waals surface area contributed by atoms with Gasteiger partial charge in [-0.05, 0) is 6.92 Å². The lowest BCUT2D eigenvalue weighted by Crippen LogP contribution is -2.46. The van der Waals surface area contributed by atoms with Gasteiger partial charge in [-0.3, -0.25) is 0 Å². The average molecular weight is 338 g/mol. The normalized spacial score (nSPS) is 30.2. The number of hydrogen-bond donors (Lipinski definition) is 5. The van der Waals surface area contributed by atoms with Gasteiger partial charge in [-0.1, -0.05) is 0 Å². The van der Waals surface area contributed by atoms with Crippen molar-refractivity contribution in [2.45, 2.75) is 31.0 Å². The van der Waals surface area contributed by atoms with E-state index >= 15 is 0 Å². The molecule has 1 aliphatic rings. The third kappa shape index (κ3) is 2.29. The van der Waals surface area contributed by atoms with Crippen LogP contribution < -0.4 is 11.2 Å². The van der Waals surface area contributed by atoms with Crippen LogP contribution in [0.5, 0.6) is 0 Å². The average Bonchev–Trinajstić information content (AvgIpc) is 3.06. The topological polar surface area (TPSA) is 156 Å². The summed E-state index contributed by atoms with van der Waals surface area (Å²) in [6.07, 6.45) is -0.190. The molecule has 0 aromatic carbocycles. The maximum Gasteiger partial charge on any atom is 0.490 e. The molecule has 6 N–H and O–H groups in total. The van der Waals surface area contributed by atoms with Crippen molar-refractivity contribution in [3.8, 4) is 0 Å². The molecule has 0 radical (unpaired) electrons. The van der Waals surface area contributed by atoms with E-state index in [-0.39, 0.29) is 16.7 Å². The molecule has 24 heavy (non-hydrogen) atoms. The van der Waals surface area contributed by atoms with E-state index in [1.165, 1.54) is 24.2 Å². The van der Waals surface area contributed by atoms with Crippen LogP contribution in [0.2, 0.25) is 0 Å². The minimum absolute atomic E-state index is 0.0817. The Morgan fingerprint density at radius 1 is 1.46 bits per heavy atom. The fraction of sp³-hybridized carbons (Fsp3) is 0.538. The minimum Gasteiger partial charge on any atom is -0.423 e. The first-order chi connectivity index (χ1) is 11.3. The number of nitrogens with zero attached hydrogens (tertiary/aromatic N) is 3. The summed E-state index contributed by atoms with van der Waals surface area (Å²) in [5.74, 6) is 0.0817. The van der Waals surface area contributed by atoms with Crippen LogP contribution >= 0.6 is 0 Å². The summed E-state index contributed by atoms with van der Waals surface area (Å²) in [7, 11) is -0.383. The van der Waals surface area contributed by atoms with E-state index in [2.05, 4.69) is 9.97 Å². The monoisotopic (exact) mass is 338 g/mol. The Bertz CT molecular complexity index is 755. The van der Waals surface area contributed by atoms with Gasteiger partial charge in [0.05, 0.1) is 12.0 Å². The molecule has 4 atom stereocenters. The lowest BCUT2D eigenvalue weighted by Gasteiger charge is -2.31. The first-order valence-corrected chi connectivity index (χ1v) is 7.31. The van der Waals surface area contributed by atoms with Gasteiger partial charge in [0.2, 0.25) is 0 Å². The highest BCUT2D eigenvalue weighted by atomic mass is 16.6. The van der Waals surface area contributed by atoms with E-state index in [0.29, 0.717) is 5.65 Å². The largest absolute Gasteiger partial charge is 0.490 e. The molecule has 3 rings (SSSR count). The van der Waals surface area contributed by atoms with E-state index in [1.54, 1.807) is 6.92 Å². The van der Waals surface area contributed by atoms with Crippen LogP contribution in [0.3, 0.4) is 0 Å². The third-order valence-corrected chi connectivity index (χ3v) is 4.55. The number of aromatic nitrogens is 3. The van der Waals surface area contributed by atoms with Crippen molar-refractivity contribution in [1.29, 1.82) is 0 Å². The summed E-state index contributed by atoms with van der Waals surface area (Å²) in [5.41, 5.74) is 5.04. The SMILES string of the molecule is COC1(C)C(O)C(CO)O[C@H]1n1cc(B(O)O)c2c(N)ncnc21. The first-order valence-electron chi connectivity index (χ1n) is 7.31. The first kappa shape index (κ1) is 17.1. The molecule has 2 aromatic rings. The maximum absolute atomic E-state index is 10.4. The van der Waals surface area contributed by atoms with Crippen molar-refractivity contribution < 1.29 is 29.7 Å². The molecule has 11 heteroatoms. The maximum atomic E-state index is 10.4. The van der Waals surface area contributed by atoms with Crippen LogP contribution in [0.25, 0.3) is 11.0 Å². The Hall–Kier alpha value is -1.76. The third-order valence-electron chi connectivity index (χ3n) is 4.55. The van der Waals surface area contributed by atoms with Gasteiger partial charge >= 0.3 is 7.12 Å².